The first-order chi connectivity index (χ1) is 8.00. The van der Waals surface area contributed by atoms with Crippen LogP contribution in [-0.2, 0) is 0 Å². The van der Waals surface area contributed by atoms with Gasteiger partial charge < -0.3 is 15.3 Å². The maximum Gasteiger partial charge on any atom is 0.0766 e. The van der Waals surface area contributed by atoms with Crippen LogP contribution in [-0.4, -0.2) is 47.8 Å². The Balaban J connectivity index is 2.20. The Labute approximate surface area is 107 Å². The molecule has 0 aromatic rings. The van der Waals surface area contributed by atoms with Crippen molar-refractivity contribution in [3.05, 3.63) is 0 Å². The molecule has 0 aromatic heterocycles. The Bertz CT molecular complexity index is 214. The molecular weight excluding hydrogens is 212 g/mol. The molecule has 1 aliphatic heterocycles. The standard InChI is InChI=1S/C14H30N2O/c1-5-14(17,6-2)11-15-9-13-7-8-16(10-13)12(3)4/h12-13,15,17H,5-11H2,1-4H3. The quantitative estimate of drug-likeness (QED) is 0.715. The predicted octanol–water partition coefficient (Wildman–Crippen LogP) is 1.86. The maximum atomic E-state index is 10.2. The molecule has 1 unspecified atom stereocenters. The Morgan fingerprint density at radius 2 is 2.00 bits per heavy atom. The number of hydrogen-bond donors (Lipinski definition) is 2. The minimum absolute atomic E-state index is 0.504. The Kier molecular flexibility index (Phi) is 5.90. The molecular formula is C14H30N2O. The molecule has 1 fully saturated rings. The minimum atomic E-state index is -0.504. The van der Waals surface area contributed by atoms with Crippen molar-refractivity contribution in [2.75, 3.05) is 26.2 Å². The predicted molar refractivity (Wildman–Crippen MR) is 73.2 cm³/mol. The molecule has 102 valence electrons. The smallest absolute Gasteiger partial charge is 0.0766 e. The fraction of sp³-hybridized carbons (Fsp3) is 1.00. The van der Waals surface area contributed by atoms with E-state index in [9.17, 15) is 5.11 Å². The first-order valence-corrected chi connectivity index (χ1v) is 7.18. The van der Waals surface area contributed by atoms with Gasteiger partial charge >= 0.3 is 0 Å². The largest absolute Gasteiger partial charge is 0.389 e. The molecule has 3 nitrogen and oxygen atoms in total. The van der Waals surface area contributed by atoms with Crippen LogP contribution in [0.3, 0.4) is 0 Å². The van der Waals surface area contributed by atoms with E-state index in [1.54, 1.807) is 0 Å². The van der Waals surface area contributed by atoms with Gasteiger partial charge in [-0.1, -0.05) is 13.8 Å². The first kappa shape index (κ1) is 14.9. The molecule has 0 aromatic carbocycles. The molecule has 0 amide bonds. The second kappa shape index (κ2) is 6.72. The lowest BCUT2D eigenvalue weighted by atomic mass is 9.97. The zero-order valence-electron chi connectivity index (χ0n) is 12.0. The van der Waals surface area contributed by atoms with Crippen molar-refractivity contribution < 1.29 is 5.11 Å². The van der Waals surface area contributed by atoms with Crippen LogP contribution in [0.15, 0.2) is 0 Å². The van der Waals surface area contributed by atoms with Crippen LogP contribution in [0.2, 0.25) is 0 Å². The summed E-state index contributed by atoms with van der Waals surface area (Å²) in [6.07, 6.45) is 2.96. The molecule has 1 atom stereocenters. The van der Waals surface area contributed by atoms with Gasteiger partial charge in [-0.05, 0) is 52.1 Å². The van der Waals surface area contributed by atoms with Crippen molar-refractivity contribution in [1.82, 2.24) is 10.2 Å². The van der Waals surface area contributed by atoms with Crippen LogP contribution in [0, 0.1) is 5.92 Å². The van der Waals surface area contributed by atoms with Crippen molar-refractivity contribution in [3.8, 4) is 0 Å². The van der Waals surface area contributed by atoms with E-state index in [1.165, 1.54) is 19.5 Å². The Hall–Kier alpha value is -0.120. The molecule has 0 saturated carbocycles. The average Bonchev–Trinajstić information content (AvgIpc) is 2.78. The molecule has 1 rings (SSSR count). The third kappa shape index (κ3) is 4.57. The lowest BCUT2D eigenvalue weighted by Gasteiger charge is -2.26. The van der Waals surface area contributed by atoms with Crippen LogP contribution < -0.4 is 5.32 Å². The summed E-state index contributed by atoms with van der Waals surface area (Å²) in [7, 11) is 0. The van der Waals surface area contributed by atoms with Crippen LogP contribution in [0.1, 0.15) is 47.0 Å². The summed E-state index contributed by atoms with van der Waals surface area (Å²) in [5, 5.41) is 13.6. The highest BCUT2D eigenvalue weighted by Crippen LogP contribution is 2.18. The molecule has 1 saturated heterocycles. The summed E-state index contributed by atoms with van der Waals surface area (Å²) in [5.74, 6) is 0.760. The van der Waals surface area contributed by atoms with E-state index >= 15 is 0 Å². The summed E-state index contributed by atoms with van der Waals surface area (Å²) >= 11 is 0. The van der Waals surface area contributed by atoms with Crippen molar-refractivity contribution in [2.45, 2.75) is 58.6 Å². The van der Waals surface area contributed by atoms with E-state index in [-0.39, 0.29) is 0 Å². The van der Waals surface area contributed by atoms with Crippen LogP contribution >= 0.6 is 0 Å². The van der Waals surface area contributed by atoms with Gasteiger partial charge in [-0.3, -0.25) is 0 Å². The number of nitrogens with zero attached hydrogens (tertiary/aromatic N) is 1. The van der Waals surface area contributed by atoms with Crippen molar-refractivity contribution in [1.29, 1.82) is 0 Å². The van der Waals surface area contributed by atoms with E-state index in [0.29, 0.717) is 6.04 Å². The monoisotopic (exact) mass is 242 g/mol. The first-order valence-electron chi connectivity index (χ1n) is 7.18. The zero-order valence-corrected chi connectivity index (χ0v) is 12.0. The van der Waals surface area contributed by atoms with Gasteiger partial charge in [0.1, 0.15) is 0 Å². The fourth-order valence-corrected chi connectivity index (χ4v) is 2.51. The van der Waals surface area contributed by atoms with Crippen LogP contribution in [0.5, 0.6) is 0 Å². The third-order valence-electron chi connectivity index (χ3n) is 4.25. The van der Waals surface area contributed by atoms with E-state index < -0.39 is 5.60 Å². The number of aliphatic hydroxyl groups is 1. The topological polar surface area (TPSA) is 35.5 Å². The van der Waals surface area contributed by atoms with Crippen LogP contribution in [0.4, 0.5) is 0 Å². The van der Waals surface area contributed by atoms with Gasteiger partial charge in [-0.25, -0.2) is 0 Å². The van der Waals surface area contributed by atoms with Gasteiger partial charge in [0.2, 0.25) is 0 Å². The zero-order chi connectivity index (χ0) is 12.9. The summed E-state index contributed by atoms with van der Waals surface area (Å²) in [5.41, 5.74) is -0.504. The molecule has 0 aliphatic carbocycles. The number of hydrogen-bond acceptors (Lipinski definition) is 3. The summed E-state index contributed by atoms with van der Waals surface area (Å²) < 4.78 is 0. The average molecular weight is 242 g/mol. The number of likely N-dealkylation sites (tertiary alicyclic amines) is 1. The lowest BCUT2D eigenvalue weighted by Crippen LogP contribution is -2.41. The SMILES string of the molecule is CCC(O)(CC)CNCC1CCN(C(C)C)C1. The highest BCUT2D eigenvalue weighted by Gasteiger charge is 2.25. The molecule has 3 heteroatoms. The Morgan fingerprint density at radius 3 is 2.47 bits per heavy atom. The van der Waals surface area contributed by atoms with E-state index in [2.05, 4.69) is 37.9 Å². The van der Waals surface area contributed by atoms with Crippen molar-refractivity contribution >= 4 is 0 Å². The van der Waals surface area contributed by atoms with Gasteiger partial charge in [-0.2, -0.15) is 0 Å². The third-order valence-corrected chi connectivity index (χ3v) is 4.25. The molecule has 0 radical (unpaired) electrons. The molecule has 1 heterocycles. The molecule has 2 N–H and O–H groups in total. The summed E-state index contributed by atoms with van der Waals surface area (Å²) in [4.78, 5) is 2.54. The molecule has 0 bridgehead atoms. The van der Waals surface area contributed by atoms with Gasteiger partial charge in [0.15, 0.2) is 0 Å². The fourth-order valence-electron chi connectivity index (χ4n) is 2.51. The van der Waals surface area contributed by atoms with Gasteiger partial charge in [0, 0.05) is 19.1 Å². The highest BCUT2D eigenvalue weighted by atomic mass is 16.3. The van der Waals surface area contributed by atoms with E-state index in [0.717, 1.165) is 31.8 Å². The number of rotatable bonds is 7. The van der Waals surface area contributed by atoms with Gasteiger partial charge in [0.25, 0.3) is 0 Å². The summed E-state index contributed by atoms with van der Waals surface area (Å²) in [6.45, 7) is 12.9. The molecule has 17 heavy (non-hydrogen) atoms. The molecule has 1 aliphatic rings. The number of nitrogens with one attached hydrogen (secondary N) is 1. The lowest BCUT2D eigenvalue weighted by molar-refractivity contribution is 0.0318. The van der Waals surface area contributed by atoms with Crippen molar-refractivity contribution in [2.24, 2.45) is 5.92 Å². The Morgan fingerprint density at radius 1 is 1.35 bits per heavy atom. The highest BCUT2D eigenvalue weighted by molar-refractivity contribution is 4.82. The van der Waals surface area contributed by atoms with Gasteiger partial charge in [-0.15, -0.1) is 0 Å². The van der Waals surface area contributed by atoms with E-state index in [1.807, 2.05) is 0 Å². The van der Waals surface area contributed by atoms with E-state index in [4.69, 9.17) is 0 Å². The second-order valence-electron chi connectivity index (χ2n) is 5.81. The minimum Gasteiger partial charge on any atom is -0.389 e. The van der Waals surface area contributed by atoms with Crippen LogP contribution in [0.25, 0.3) is 0 Å². The van der Waals surface area contributed by atoms with Crippen molar-refractivity contribution in [3.63, 3.8) is 0 Å². The summed E-state index contributed by atoms with van der Waals surface area (Å²) in [6, 6.07) is 0.670. The normalized spacial score (nSPS) is 22.6. The second-order valence-corrected chi connectivity index (χ2v) is 5.81. The van der Waals surface area contributed by atoms with Gasteiger partial charge in [0.05, 0.1) is 5.60 Å². The molecule has 0 spiro atoms. The maximum absolute atomic E-state index is 10.2.